The summed E-state index contributed by atoms with van der Waals surface area (Å²) in [7, 11) is -3.45. The Labute approximate surface area is 92.6 Å². The van der Waals surface area contributed by atoms with Gasteiger partial charge in [0.1, 0.15) is 4.90 Å². The predicted octanol–water partition coefficient (Wildman–Crippen LogP) is -0.415. The van der Waals surface area contributed by atoms with E-state index in [1.54, 1.807) is 23.3 Å². The molecule has 0 unspecified atom stereocenters. The molecule has 16 heavy (non-hydrogen) atoms. The van der Waals surface area contributed by atoms with Gasteiger partial charge in [-0.2, -0.15) is 5.10 Å². The Bertz CT molecular complexity index is 517. The van der Waals surface area contributed by atoms with Crippen LogP contribution in [0.4, 0.5) is 0 Å². The van der Waals surface area contributed by atoms with Crippen molar-refractivity contribution in [3.8, 4) is 0 Å². The van der Waals surface area contributed by atoms with Gasteiger partial charge in [0.05, 0.1) is 12.5 Å². The zero-order valence-corrected chi connectivity index (χ0v) is 9.18. The van der Waals surface area contributed by atoms with Crippen molar-refractivity contribution in [1.29, 1.82) is 0 Å². The second kappa shape index (κ2) is 4.45. The summed E-state index contributed by atoms with van der Waals surface area (Å²) in [6.07, 6.45) is 7.64. The van der Waals surface area contributed by atoms with Crippen LogP contribution >= 0.6 is 0 Å². The minimum absolute atomic E-state index is 0.137. The van der Waals surface area contributed by atoms with E-state index in [-0.39, 0.29) is 4.90 Å². The van der Waals surface area contributed by atoms with Gasteiger partial charge in [-0.1, -0.05) is 0 Å². The monoisotopic (exact) mass is 241 g/mol. The van der Waals surface area contributed by atoms with Crippen molar-refractivity contribution < 1.29 is 8.42 Å². The number of aromatic nitrogens is 4. The highest BCUT2D eigenvalue weighted by molar-refractivity contribution is 7.89. The molecule has 0 aliphatic heterocycles. The number of nitrogens with one attached hydrogen (secondary N) is 2. The number of hydrogen-bond acceptors (Lipinski definition) is 4. The van der Waals surface area contributed by atoms with Crippen molar-refractivity contribution in [2.45, 2.75) is 11.4 Å². The lowest BCUT2D eigenvalue weighted by Crippen LogP contribution is -2.26. The van der Waals surface area contributed by atoms with Gasteiger partial charge >= 0.3 is 0 Å². The van der Waals surface area contributed by atoms with E-state index in [0.29, 0.717) is 13.1 Å². The molecule has 0 bridgehead atoms. The number of rotatable bonds is 5. The number of hydrogen-bond donors (Lipinski definition) is 2. The van der Waals surface area contributed by atoms with Crippen molar-refractivity contribution in [3.05, 3.63) is 31.1 Å². The molecule has 2 aromatic rings. The maximum Gasteiger partial charge on any atom is 0.243 e. The van der Waals surface area contributed by atoms with E-state index in [4.69, 9.17) is 0 Å². The molecule has 0 fully saturated rings. The summed E-state index contributed by atoms with van der Waals surface area (Å²) in [4.78, 5) is 4.00. The quantitative estimate of drug-likeness (QED) is 0.744. The molecular formula is C8H11N5O2S. The van der Waals surface area contributed by atoms with E-state index in [1.165, 1.54) is 12.4 Å². The van der Waals surface area contributed by atoms with Crippen LogP contribution in [0.2, 0.25) is 0 Å². The van der Waals surface area contributed by atoms with Crippen LogP contribution in [0.5, 0.6) is 0 Å². The molecule has 7 nitrogen and oxygen atoms in total. The lowest BCUT2D eigenvalue weighted by Gasteiger charge is -2.04. The molecule has 2 aromatic heterocycles. The first-order valence-corrected chi connectivity index (χ1v) is 6.11. The maximum absolute atomic E-state index is 11.6. The fraction of sp³-hybridized carbons (Fsp3) is 0.250. The van der Waals surface area contributed by atoms with Crippen LogP contribution in [0.15, 0.2) is 36.0 Å². The fourth-order valence-electron chi connectivity index (χ4n) is 1.20. The third-order valence-corrected chi connectivity index (χ3v) is 3.43. The van der Waals surface area contributed by atoms with Crippen molar-refractivity contribution in [2.75, 3.05) is 6.54 Å². The molecule has 86 valence electrons. The fourth-order valence-corrected chi connectivity index (χ4v) is 2.12. The molecule has 2 N–H and O–H groups in total. The van der Waals surface area contributed by atoms with Gasteiger partial charge in [-0.25, -0.2) is 18.1 Å². The predicted molar refractivity (Wildman–Crippen MR) is 56.0 cm³/mol. The zero-order chi connectivity index (χ0) is 11.4. The molecule has 0 atom stereocenters. The summed E-state index contributed by atoms with van der Waals surface area (Å²) in [6.45, 7) is 0.848. The number of imidazole rings is 1. The lowest BCUT2D eigenvalue weighted by atomic mass is 10.6. The van der Waals surface area contributed by atoms with E-state index in [1.807, 2.05) is 0 Å². The smallest absolute Gasteiger partial charge is 0.243 e. The summed E-state index contributed by atoms with van der Waals surface area (Å²) in [6, 6.07) is 0. The van der Waals surface area contributed by atoms with Crippen molar-refractivity contribution >= 4 is 10.0 Å². The number of aromatic amines is 1. The average molecular weight is 241 g/mol. The van der Waals surface area contributed by atoms with Crippen LogP contribution in [0.25, 0.3) is 0 Å². The van der Waals surface area contributed by atoms with Crippen LogP contribution in [-0.4, -0.2) is 34.7 Å². The van der Waals surface area contributed by atoms with E-state index in [9.17, 15) is 8.42 Å². The van der Waals surface area contributed by atoms with Crippen molar-refractivity contribution in [1.82, 2.24) is 24.5 Å². The van der Waals surface area contributed by atoms with Gasteiger partial charge < -0.3 is 4.57 Å². The van der Waals surface area contributed by atoms with Gasteiger partial charge in [-0.05, 0) is 0 Å². The minimum Gasteiger partial charge on any atom is -0.336 e. The molecule has 0 amide bonds. The van der Waals surface area contributed by atoms with Gasteiger partial charge in [0.15, 0.2) is 0 Å². The summed E-state index contributed by atoms with van der Waals surface area (Å²) < 4.78 is 27.5. The standard InChI is InChI=1S/C8H11N5O2S/c14-16(15,8-5-10-11-6-8)12-2-4-13-3-1-9-7-13/h1,3,5-7,12H,2,4H2,(H,10,11). The van der Waals surface area contributed by atoms with Crippen LogP contribution in [0, 0.1) is 0 Å². The van der Waals surface area contributed by atoms with Gasteiger partial charge in [0.2, 0.25) is 10.0 Å². The van der Waals surface area contributed by atoms with E-state index in [0.717, 1.165) is 0 Å². The number of H-pyrrole nitrogens is 1. The second-order valence-corrected chi connectivity index (χ2v) is 4.90. The van der Waals surface area contributed by atoms with Crippen LogP contribution < -0.4 is 4.72 Å². The van der Waals surface area contributed by atoms with Crippen LogP contribution in [-0.2, 0) is 16.6 Å². The van der Waals surface area contributed by atoms with E-state index < -0.39 is 10.0 Å². The first-order chi connectivity index (χ1) is 7.68. The normalized spacial score (nSPS) is 11.8. The topological polar surface area (TPSA) is 92.7 Å². The Kier molecular flexibility index (Phi) is 3.02. The Morgan fingerprint density at radius 1 is 1.50 bits per heavy atom. The van der Waals surface area contributed by atoms with Gasteiger partial charge in [-0.15, -0.1) is 0 Å². The third-order valence-electron chi connectivity index (χ3n) is 2.00. The zero-order valence-electron chi connectivity index (χ0n) is 8.37. The summed E-state index contributed by atoms with van der Waals surface area (Å²) in [5.74, 6) is 0. The molecule has 0 saturated heterocycles. The van der Waals surface area contributed by atoms with Crippen molar-refractivity contribution in [2.24, 2.45) is 0 Å². The number of sulfonamides is 1. The Morgan fingerprint density at radius 2 is 2.38 bits per heavy atom. The first kappa shape index (κ1) is 10.8. The highest BCUT2D eigenvalue weighted by Gasteiger charge is 2.13. The largest absolute Gasteiger partial charge is 0.336 e. The molecule has 2 rings (SSSR count). The van der Waals surface area contributed by atoms with Crippen LogP contribution in [0.3, 0.4) is 0 Å². The Morgan fingerprint density at radius 3 is 3.00 bits per heavy atom. The summed E-state index contributed by atoms with van der Waals surface area (Å²) >= 11 is 0. The molecule has 0 aromatic carbocycles. The average Bonchev–Trinajstić information content (AvgIpc) is 2.90. The molecule has 8 heteroatoms. The molecule has 0 saturated carbocycles. The second-order valence-electron chi connectivity index (χ2n) is 3.13. The highest BCUT2D eigenvalue weighted by Crippen LogP contribution is 2.03. The maximum atomic E-state index is 11.6. The third kappa shape index (κ3) is 2.47. The SMILES string of the molecule is O=S(=O)(NCCn1ccnc1)c1cn[nH]c1. The molecule has 0 aliphatic rings. The molecule has 0 spiro atoms. The van der Waals surface area contributed by atoms with Gasteiger partial charge in [0.25, 0.3) is 0 Å². The highest BCUT2D eigenvalue weighted by atomic mass is 32.2. The first-order valence-electron chi connectivity index (χ1n) is 4.63. The minimum atomic E-state index is -3.45. The Hall–Kier alpha value is -1.67. The molecule has 0 radical (unpaired) electrons. The molecule has 2 heterocycles. The molecule has 0 aliphatic carbocycles. The van der Waals surface area contributed by atoms with Crippen LogP contribution in [0.1, 0.15) is 0 Å². The number of nitrogens with zero attached hydrogens (tertiary/aromatic N) is 3. The van der Waals surface area contributed by atoms with E-state index >= 15 is 0 Å². The van der Waals surface area contributed by atoms with Crippen molar-refractivity contribution in [3.63, 3.8) is 0 Å². The summed E-state index contributed by atoms with van der Waals surface area (Å²) in [5, 5.41) is 6.04. The summed E-state index contributed by atoms with van der Waals surface area (Å²) in [5.41, 5.74) is 0. The van der Waals surface area contributed by atoms with Gasteiger partial charge in [-0.3, -0.25) is 5.10 Å². The van der Waals surface area contributed by atoms with Gasteiger partial charge in [0, 0.05) is 31.7 Å². The Balaban J connectivity index is 1.91. The van der Waals surface area contributed by atoms with E-state index in [2.05, 4.69) is 19.9 Å². The molecular weight excluding hydrogens is 230 g/mol. The lowest BCUT2D eigenvalue weighted by molar-refractivity contribution is 0.573.